The van der Waals surface area contributed by atoms with Crippen molar-refractivity contribution in [2.75, 3.05) is 26.4 Å². The average Bonchev–Trinajstić information content (AvgIpc) is 3.25. The molecule has 0 fully saturated rings. The van der Waals surface area contributed by atoms with E-state index in [1.807, 2.05) is 0 Å². The van der Waals surface area contributed by atoms with Crippen LogP contribution in [0.5, 0.6) is 0 Å². The maximum atomic E-state index is 12.1. The minimum atomic E-state index is -4.45. The van der Waals surface area contributed by atoms with Gasteiger partial charge in [0.05, 0.1) is 13.2 Å². The van der Waals surface area contributed by atoms with Crippen molar-refractivity contribution >= 4 is 19.7 Å². The van der Waals surface area contributed by atoms with E-state index in [0.29, 0.717) is 19.3 Å². The molecule has 61 heavy (non-hydrogen) atoms. The van der Waals surface area contributed by atoms with Crippen LogP contribution in [-0.4, -0.2) is 54.3 Å². The summed E-state index contributed by atoms with van der Waals surface area (Å²) in [5.74, 6) is -0.594. The smallest absolute Gasteiger partial charge is 0.463 e. The Labute approximate surface area is 371 Å². The molecule has 0 aromatic carbocycles. The van der Waals surface area contributed by atoms with E-state index >= 15 is 0 Å². The highest BCUT2D eigenvalue weighted by molar-refractivity contribution is 7.47. The average molecular weight is 870 g/mol. The van der Waals surface area contributed by atoms with Gasteiger partial charge in [-0.05, 0) is 96.3 Å². The molecular weight excluding hydrogens is 786 g/mol. The molecule has 1 amide bonds. The molecule has 2 atom stereocenters. The van der Waals surface area contributed by atoms with Gasteiger partial charge in [0.2, 0.25) is 5.91 Å². The van der Waals surface area contributed by atoms with Gasteiger partial charge in [0, 0.05) is 19.4 Å². The predicted octanol–water partition coefficient (Wildman–Crippen LogP) is 13.5. The fraction of sp³-hybridized carbons (Fsp3) is 0.608. The molecule has 0 radical (unpaired) electrons. The molecule has 0 aliphatic heterocycles. The van der Waals surface area contributed by atoms with Crippen molar-refractivity contribution in [2.24, 2.45) is 0 Å². The zero-order valence-corrected chi connectivity index (χ0v) is 39.0. The summed E-state index contributed by atoms with van der Waals surface area (Å²) in [4.78, 5) is 34.0. The number of phosphoric acid groups is 1. The van der Waals surface area contributed by atoms with Crippen LogP contribution in [0, 0.1) is 0 Å². The van der Waals surface area contributed by atoms with Crippen molar-refractivity contribution in [1.82, 2.24) is 5.32 Å². The summed E-state index contributed by atoms with van der Waals surface area (Å²) in [6.45, 7) is 3.31. The Morgan fingerprint density at radius 1 is 0.525 bits per heavy atom. The molecule has 0 heterocycles. The third-order valence-corrected chi connectivity index (χ3v) is 10.2. The molecule has 346 valence electrons. The van der Waals surface area contributed by atoms with E-state index in [4.69, 9.17) is 13.8 Å². The summed E-state index contributed by atoms with van der Waals surface area (Å²) < 4.78 is 26.9. The van der Waals surface area contributed by atoms with E-state index in [-0.39, 0.29) is 32.1 Å². The maximum Gasteiger partial charge on any atom is 0.472 e. The van der Waals surface area contributed by atoms with Crippen molar-refractivity contribution in [3.05, 3.63) is 109 Å². The highest BCUT2D eigenvalue weighted by Gasteiger charge is 2.23. The van der Waals surface area contributed by atoms with Crippen LogP contribution in [0.1, 0.15) is 168 Å². The lowest BCUT2D eigenvalue weighted by Crippen LogP contribution is -2.27. The van der Waals surface area contributed by atoms with Crippen molar-refractivity contribution in [3.63, 3.8) is 0 Å². The number of esters is 1. The van der Waals surface area contributed by atoms with E-state index in [1.165, 1.54) is 44.9 Å². The van der Waals surface area contributed by atoms with E-state index in [9.17, 15) is 24.2 Å². The number of nitrogens with one attached hydrogen (secondary N) is 1. The van der Waals surface area contributed by atoms with Gasteiger partial charge in [-0.15, -0.1) is 0 Å². The first-order chi connectivity index (χ1) is 29.8. The maximum absolute atomic E-state index is 12.1. The number of rotatable bonds is 42. The van der Waals surface area contributed by atoms with Gasteiger partial charge in [-0.1, -0.05) is 168 Å². The molecule has 0 aromatic rings. The molecule has 0 saturated heterocycles. The highest BCUT2D eigenvalue weighted by atomic mass is 31.2. The van der Waals surface area contributed by atoms with Gasteiger partial charge in [-0.25, -0.2) is 4.57 Å². The van der Waals surface area contributed by atoms with E-state index in [0.717, 1.165) is 83.5 Å². The predicted molar refractivity (Wildman–Crippen MR) is 256 cm³/mol. The molecule has 0 rings (SSSR count). The van der Waals surface area contributed by atoms with Gasteiger partial charge >= 0.3 is 13.8 Å². The Balaban J connectivity index is 3.70. The lowest BCUT2D eigenvalue weighted by Gasteiger charge is -2.15. The topological polar surface area (TPSA) is 131 Å². The third-order valence-electron chi connectivity index (χ3n) is 9.19. The van der Waals surface area contributed by atoms with Crippen molar-refractivity contribution in [3.8, 4) is 0 Å². The molecule has 0 saturated carbocycles. The summed E-state index contributed by atoms with van der Waals surface area (Å²) in [6, 6.07) is 0. The van der Waals surface area contributed by atoms with Gasteiger partial charge < -0.3 is 20.1 Å². The second-order valence-corrected chi connectivity index (χ2v) is 16.4. The van der Waals surface area contributed by atoms with Crippen molar-refractivity contribution in [1.29, 1.82) is 0 Å². The highest BCUT2D eigenvalue weighted by Crippen LogP contribution is 2.42. The number of allylic oxidation sites excluding steroid dienone is 18. The molecular formula is C51H84NO8P. The molecule has 9 nitrogen and oxygen atoms in total. The minimum absolute atomic E-state index is 0.0447. The zero-order valence-electron chi connectivity index (χ0n) is 38.1. The normalized spacial score (nSPS) is 14.2. The number of carbonyl (C=O) groups excluding carboxylic acids is 2. The molecule has 2 unspecified atom stereocenters. The first kappa shape index (κ1) is 57.7. The van der Waals surface area contributed by atoms with Gasteiger partial charge in [-0.3, -0.25) is 18.6 Å². The zero-order chi connectivity index (χ0) is 44.6. The molecule has 0 bridgehead atoms. The Hall–Kier alpha value is -3.33. The lowest BCUT2D eigenvalue weighted by atomic mass is 10.1. The van der Waals surface area contributed by atoms with Gasteiger partial charge in [0.25, 0.3) is 0 Å². The van der Waals surface area contributed by atoms with Gasteiger partial charge in [0.1, 0.15) is 12.7 Å². The molecule has 0 aliphatic rings. The van der Waals surface area contributed by atoms with Crippen LogP contribution in [0.15, 0.2) is 109 Å². The molecule has 0 aliphatic carbocycles. The van der Waals surface area contributed by atoms with Crippen molar-refractivity contribution < 1.29 is 37.9 Å². The standard InChI is InChI=1S/C51H84NO8P/c1-3-5-7-9-11-13-15-17-19-21-22-23-24-25-26-28-30-32-34-36-38-40-42-44-51(55)58-47-49(53)48-60-61(56,57)59-46-45-52-50(54)43-41-39-37-35-33-31-29-27-20-18-16-14-12-10-8-6-4-2/h5,7,11-14,17-20,22-23,25-26,29,31,35,37,49,53H,3-4,6,8-10,15-16,21,24,27-28,30,32-34,36,38-48H2,1-2H3,(H,52,54)(H,56,57)/b7-5-,13-11-,14-12-,19-17-,20-18-,23-22-,26-25-,31-29-,37-35-. The van der Waals surface area contributed by atoms with Crippen LogP contribution in [-0.2, 0) is 27.9 Å². The number of amides is 1. The second-order valence-electron chi connectivity index (χ2n) is 15.0. The fourth-order valence-corrected chi connectivity index (χ4v) is 6.45. The number of aliphatic hydroxyl groups excluding tert-OH is 1. The fourth-order valence-electron chi connectivity index (χ4n) is 5.69. The first-order valence-electron chi connectivity index (χ1n) is 23.4. The first-order valence-corrected chi connectivity index (χ1v) is 24.9. The number of aliphatic hydroxyl groups is 1. The summed E-state index contributed by atoms with van der Waals surface area (Å²) in [7, 11) is -4.45. The Kier molecular flexibility index (Phi) is 43.7. The van der Waals surface area contributed by atoms with Gasteiger partial charge in [-0.2, -0.15) is 0 Å². The molecule has 10 heteroatoms. The minimum Gasteiger partial charge on any atom is -0.463 e. The van der Waals surface area contributed by atoms with Gasteiger partial charge in [0.15, 0.2) is 0 Å². The number of ether oxygens (including phenoxy) is 1. The van der Waals surface area contributed by atoms with Crippen LogP contribution >= 0.6 is 7.82 Å². The number of hydrogen-bond donors (Lipinski definition) is 3. The van der Waals surface area contributed by atoms with E-state index in [2.05, 4.69) is 129 Å². The van der Waals surface area contributed by atoms with Crippen LogP contribution < -0.4 is 5.32 Å². The lowest BCUT2D eigenvalue weighted by molar-refractivity contribution is -0.147. The monoisotopic (exact) mass is 870 g/mol. The van der Waals surface area contributed by atoms with Crippen LogP contribution in [0.25, 0.3) is 0 Å². The number of hydrogen-bond acceptors (Lipinski definition) is 7. The van der Waals surface area contributed by atoms with Crippen LogP contribution in [0.4, 0.5) is 0 Å². The van der Waals surface area contributed by atoms with Crippen LogP contribution in [0.2, 0.25) is 0 Å². The Morgan fingerprint density at radius 2 is 0.951 bits per heavy atom. The van der Waals surface area contributed by atoms with Crippen LogP contribution in [0.3, 0.4) is 0 Å². The second kappa shape index (κ2) is 46.2. The SMILES string of the molecule is CC/C=C\C/C=C\C/C=C\C/C=C\C/C=C\CCCCCCCCCC(=O)OCC(O)COP(=O)(O)OCCNC(=O)CCC/C=C\C/C=C\C/C=C\C/C=C\CCCCC. The number of carbonyl (C=O) groups is 2. The number of unbranched alkanes of at least 4 members (excludes halogenated alkanes) is 11. The Morgan fingerprint density at radius 3 is 1.44 bits per heavy atom. The third kappa shape index (κ3) is 47.6. The summed E-state index contributed by atoms with van der Waals surface area (Å²) in [5.41, 5.74) is 0. The summed E-state index contributed by atoms with van der Waals surface area (Å²) >= 11 is 0. The summed E-state index contributed by atoms with van der Waals surface area (Å²) in [6.07, 6.45) is 61.7. The van der Waals surface area contributed by atoms with E-state index in [1.54, 1.807) is 0 Å². The largest absolute Gasteiger partial charge is 0.472 e. The molecule has 0 spiro atoms. The summed E-state index contributed by atoms with van der Waals surface area (Å²) in [5, 5.41) is 12.7. The molecule has 3 N–H and O–H groups in total. The Bertz CT molecular complexity index is 1360. The quantitative estimate of drug-likeness (QED) is 0.0239. The van der Waals surface area contributed by atoms with Crippen molar-refractivity contribution in [2.45, 2.75) is 174 Å². The molecule has 0 aromatic heterocycles. The number of phosphoric ester groups is 1. The van der Waals surface area contributed by atoms with E-state index < -0.39 is 26.5 Å².